The monoisotopic (exact) mass is 809 g/mol. The number of carboxylic acid groups (broad SMARTS) is 1. The summed E-state index contributed by atoms with van der Waals surface area (Å²) in [6, 6.07) is 0. The van der Waals surface area contributed by atoms with E-state index in [0.29, 0.717) is 6.42 Å². The highest BCUT2D eigenvalue weighted by Gasteiger charge is 2.65. The first-order valence-corrected chi connectivity index (χ1v) is 22.2. The van der Waals surface area contributed by atoms with E-state index in [1.165, 1.54) is 0 Å². The SMILES string of the molecule is CO[C@@H]1C[C@@H](C[C@H]2CC[C@H](C)[C@H]([C@@H](C)C(=O)O)O2)OC2(O[C@](C)([C@H]3CC[C@@](C)([C@@H]4O[C@@H]([C@H]5O[C@](COC(=O)C(C)C)(OC)C(C)CC5C)C[C@@H]4C)O3)C[C@H]2C)[C@@H]1C. The lowest BCUT2D eigenvalue weighted by Gasteiger charge is -2.50. The maximum atomic E-state index is 12.4. The minimum atomic E-state index is -1.03. The summed E-state index contributed by atoms with van der Waals surface area (Å²) in [7, 11) is 3.41. The molecule has 6 rings (SSSR count). The Bertz CT molecular complexity index is 1410. The van der Waals surface area contributed by atoms with Gasteiger partial charge in [0.1, 0.15) is 6.61 Å². The number of esters is 1. The van der Waals surface area contributed by atoms with Gasteiger partial charge in [0.25, 0.3) is 0 Å². The maximum absolute atomic E-state index is 12.4. The van der Waals surface area contributed by atoms with Gasteiger partial charge in [0.2, 0.25) is 5.79 Å². The Balaban J connectivity index is 1.13. The molecule has 0 amide bonds. The third-order valence-corrected chi connectivity index (χ3v) is 15.4. The van der Waals surface area contributed by atoms with Crippen molar-refractivity contribution >= 4 is 11.9 Å². The molecule has 0 bridgehead atoms. The highest BCUT2D eigenvalue weighted by atomic mass is 16.7. The second-order valence-corrected chi connectivity index (χ2v) is 20.2. The van der Waals surface area contributed by atoms with Crippen LogP contribution in [0.1, 0.15) is 134 Å². The molecule has 328 valence electrons. The quantitative estimate of drug-likeness (QED) is 0.195. The lowest BCUT2D eigenvalue weighted by molar-refractivity contribution is -0.353. The molecule has 6 heterocycles. The molecule has 1 spiro atoms. The molecule has 6 aliphatic heterocycles. The molecule has 57 heavy (non-hydrogen) atoms. The first-order chi connectivity index (χ1) is 26.7. The fourth-order valence-electron chi connectivity index (χ4n) is 11.9. The zero-order valence-electron chi connectivity index (χ0n) is 37.2. The van der Waals surface area contributed by atoms with E-state index in [9.17, 15) is 14.7 Å². The zero-order chi connectivity index (χ0) is 41.8. The maximum Gasteiger partial charge on any atom is 0.308 e. The van der Waals surface area contributed by atoms with Crippen LogP contribution < -0.4 is 0 Å². The summed E-state index contributed by atoms with van der Waals surface area (Å²) in [5.41, 5.74) is -1.11. The summed E-state index contributed by atoms with van der Waals surface area (Å²) in [5, 5.41) is 9.75. The molecule has 6 aliphatic rings. The molecule has 6 fully saturated rings. The van der Waals surface area contributed by atoms with Gasteiger partial charge in [-0.2, -0.15) is 0 Å². The van der Waals surface area contributed by atoms with Crippen molar-refractivity contribution in [1.29, 1.82) is 0 Å². The number of hydrogen-bond donors (Lipinski definition) is 1. The molecule has 0 aliphatic carbocycles. The summed E-state index contributed by atoms with van der Waals surface area (Å²) in [4.78, 5) is 24.3. The first kappa shape index (κ1) is 45.2. The van der Waals surface area contributed by atoms with Crippen molar-refractivity contribution in [2.24, 2.45) is 47.3 Å². The second kappa shape index (κ2) is 17.2. The fourth-order valence-corrected chi connectivity index (χ4v) is 11.9. The van der Waals surface area contributed by atoms with Crippen LogP contribution >= 0.6 is 0 Å². The van der Waals surface area contributed by atoms with Crippen molar-refractivity contribution in [1.82, 2.24) is 0 Å². The summed E-state index contributed by atoms with van der Waals surface area (Å²) in [6.45, 7) is 22.9. The summed E-state index contributed by atoms with van der Waals surface area (Å²) < 4.78 is 59.8. The highest BCUT2D eigenvalue weighted by Crippen LogP contribution is 2.57. The molecular weight excluding hydrogens is 732 g/mol. The fraction of sp³-hybridized carbons (Fsp3) is 0.956. The molecule has 0 aromatic heterocycles. The smallest absolute Gasteiger partial charge is 0.308 e. The van der Waals surface area contributed by atoms with Crippen molar-refractivity contribution in [2.45, 2.75) is 206 Å². The van der Waals surface area contributed by atoms with E-state index in [0.717, 1.165) is 51.4 Å². The van der Waals surface area contributed by atoms with Crippen LogP contribution in [-0.2, 0) is 52.2 Å². The van der Waals surface area contributed by atoms with E-state index < -0.39 is 34.7 Å². The molecule has 12 nitrogen and oxygen atoms in total. The standard InChI is InChI=1S/C45H76O12/c1-24(2)41(48)51-23-44(50-13)28(6)18-26(4)38(56-44)35-19-27(5)39(53-35)42(10)17-16-36(55-42)43(11)22-29(7)45(57-43)31(9)34(49-12)21-33(54-45)20-32-15-14-25(3)37(52-32)30(8)40(46)47/h24-39H,14-23H2,1-13H3,(H,46,47)/t25-,26?,27-,28?,29+,30+,31+,32+,33+,34+,35+,36+,37+,38-,39+,42-,43-,44-,45?/m0/s1. The number of rotatable bonds is 12. The van der Waals surface area contributed by atoms with Gasteiger partial charge in [-0.05, 0) is 83.5 Å². The van der Waals surface area contributed by atoms with Crippen LogP contribution in [0.4, 0.5) is 0 Å². The van der Waals surface area contributed by atoms with Gasteiger partial charge in [0.15, 0.2) is 5.79 Å². The molecule has 12 heteroatoms. The number of hydrogen-bond acceptors (Lipinski definition) is 11. The van der Waals surface area contributed by atoms with Gasteiger partial charge in [0.05, 0.1) is 71.9 Å². The number of aliphatic carboxylic acids is 1. The van der Waals surface area contributed by atoms with Gasteiger partial charge < -0.3 is 47.7 Å². The second-order valence-electron chi connectivity index (χ2n) is 20.2. The van der Waals surface area contributed by atoms with Crippen molar-refractivity contribution in [3.8, 4) is 0 Å². The molecule has 3 unspecified atom stereocenters. The van der Waals surface area contributed by atoms with E-state index in [2.05, 4.69) is 55.4 Å². The number of carbonyl (C=O) groups excluding carboxylic acids is 1. The Hall–Kier alpha value is -1.38. The van der Waals surface area contributed by atoms with Gasteiger partial charge in [-0.15, -0.1) is 0 Å². The molecule has 0 aromatic rings. The van der Waals surface area contributed by atoms with Gasteiger partial charge in [-0.1, -0.05) is 55.4 Å². The molecule has 0 radical (unpaired) electrons. The zero-order valence-corrected chi connectivity index (χ0v) is 37.2. The molecular formula is C45H76O12. The van der Waals surface area contributed by atoms with E-state index >= 15 is 0 Å². The molecule has 0 saturated carbocycles. The average molecular weight is 809 g/mol. The van der Waals surface area contributed by atoms with Crippen molar-refractivity contribution < 1.29 is 57.3 Å². The van der Waals surface area contributed by atoms with E-state index in [4.69, 9.17) is 42.6 Å². The predicted octanol–water partition coefficient (Wildman–Crippen LogP) is 7.57. The third kappa shape index (κ3) is 8.60. The van der Waals surface area contributed by atoms with Crippen LogP contribution in [0.5, 0.6) is 0 Å². The Morgan fingerprint density at radius 1 is 0.807 bits per heavy atom. The minimum absolute atomic E-state index is 0.0114. The first-order valence-electron chi connectivity index (χ1n) is 22.2. The van der Waals surface area contributed by atoms with Crippen molar-refractivity contribution in [2.75, 3.05) is 20.8 Å². The molecule has 6 saturated heterocycles. The average Bonchev–Trinajstić information content (AvgIpc) is 3.83. The molecule has 0 aromatic carbocycles. The number of methoxy groups -OCH3 is 2. The van der Waals surface area contributed by atoms with Crippen LogP contribution in [0.2, 0.25) is 0 Å². The van der Waals surface area contributed by atoms with Crippen LogP contribution in [0.25, 0.3) is 0 Å². The van der Waals surface area contributed by atoms with E-state index in [-0.39, 0.29) is 103 Å². The Morgan fingerprint density at radius 3 is 2.18 bits per heavy atom. The van der Waals surface area contributed by atoms with Crippen LogP contribution in [0.15, 0.2) is 0 Å². The minimum Gasteiger partial charge on any atom is -0.481 e. The van der Waals surface area contributed by atoms with Gasteiger partial charge in [-0.25, -0.2) is 0 Å². The van der Waals surface area contributed by atoms with Crippen LogP contribution in [0, 0.1) is 47.3 Å². The van der Waals surface area contributed by atoms with E-state index in [1.54, 1.807) is 21.1 Å². The summed E-state index contributed by atoms with van der Waals surface area (Å²) in [6.07, 6.45) is 6.11. The number of carboxylic acids is 1. The lowest BCUT2D eigenvalue weighted by atomic mass is 9.78. The summed E-state index contributed by atoms with van der Waals surface area (Å²) in [5.74, 6) is -3.02. The van der Waals surface area contributed by atoms with E-state index in [1.807, 2.05) is 13.8 Å². The normalized spacial score (nSPS) is 49.7. The lowest BCUT2D eigenvalue weighted by Crippen LogP contribution is -2.58. The largest absolute Gasteiger partial charge is 0.481 e. The number of ether oxygens (including phenoxy) is 9. The van der Waals surface area contributed by atoms with Crippen LogP contribution in [-0.4, -0.2) is 109 Å². The van der Waals surface area contributed by atoms with Crippen LogP contribution in [0.3, 0.4) is 0 Å². The highest BCUT2D eigenvalue weighted by molar-refractivity contribution is 5.71. The third-order valence-electron chi connectivity index (χ3n) is 15.4. The van der Waals surface area contributed by atoms with Crippen molar-refractivity contribution in [3.05, 3.63) is 0 Å². The molecule has 1 N–H and O–H groups in total. The van der Waals surface area contributed by atoms with Gasteiger partial charge in [-0.3, -0.25) is 9.59 Å². The van der Waals surface area contributed by atoms with Gasteiger partial charge in [0, 0.05) is 44.8 Å². The topological polar surface area (TPSA) is 137 Å². The summed E-state index contributed by atoms with van der Waals surface area (Å²) >= 11 is 0. The Morgan fingerprint density at radius 2 is 1.53 bits per heavy atom. The van der Waals surface area contributed by atoms with Crippen molar-refractivity contribution in [3.63, 3.8) is 0 Å². The van der Waals surface area contributed by atoms with Gasteiger partial charge >= 0.3 is 11.9 Å². The predicted molar refractivity (Wildman–Crippen MR) is 212 cm³/mol. The Kier molecular flexibility index (Phi) is 13.6. The number of carbonyl (C=O) groups is 2. The molecule has 19 atom stereocenters. The Labute approximate surface area is 342 Å².